The number of carbonyl (C=O) groups is 3. The smallest absolute Gasteiger partial charge is 0.255 e. The number of nitrogens with one attached hydrogen (secondary N) is 1. The van der Waals surface area contributed by atoms with Crippen molar-refractivity contribution in [2.45, 2.75) is 29.5 Å². The third kappa shape index (κ3) is 1.93. The predicted octanol–water partition coefficient (Wildman–Crippen LogP) is -0.116. The van der Waals surface area contributed by atoms with E-state index in [2.05, 4.69) is 16.9 Å². The molecule has 1 amide bonds. The zero-order valence-corrected chi connectivity index (χ0v) is 16.6. The van der Waals surface area contributed by atoms with Crippen molar-refractivity contribution in [3.05, 3.63) is 59.0 Å². The summed E-state index contributed by atoms with van der Waals surface area (Å²) in [6.45, 7) is 3.51. The van der Waals surface area contributed by atoms with E-state index in [9.17, 15) is 34.8 Å². The molecule has 0 saturated heterocycles. The van der Waals surface area contributed by atoms with E-state index in [-0.39, 0.29) is 16.9 Å². The normalized spacial score (nSPS) is 34.7. The molecule has 7 N–H and O–H groups in total. The van der Waals surface area contributed by atoms with Gasteiger partial charge in [-0.3, -0.25) is 19.4 Å². The molecule has 4 aliphatic rings. The zero-order chi connectivity index (χ0) is 23.2. The van der Waals surface area contributed by atoms with Crippen LogP contribution in [0.3, 0.4) is 0 Å². The molecule has 32 heavy (non-hydrogen) atoms. The first-order valence-corrected chi connectivity index (χ1v) is 9.84. The highest BCUT2D eigenvalue weighted by Crippen LogP contribution is 2.61. The molecule has 1 fully saturated rings. The Kier molecular flexibility index (Phi) is 3.80. The number of nitrogens with two attached hydrogens (primary N) is 1. The van der Waals surface area contributed by atoms with Crippen LogP contribution in [0.4, 0.5) is 0 Å². The molecule has 1 saturated carbocycles. The molecule has 0 unspecified atom stereocenters. The zero-order valence-electron chi connectivity index (χ0n) is 16.6. The van der Waals surface area contributed by atoms with E-state index in [4.69, 9.17) is 5.73 Å². The predicted molar refractivity (Wildman–Crippen MR) is 111 cm³/mol. The molecule has 0 bridgehead atoms. The van der Waals surface area contributed by atoms with Crippen LogP contribution in [-0.4, -0.2) is 61.3 Å². The molecule has 1 heterocycles. The third-order valence-corrected chi connectivity index (χ3v) is 7.04. The standard InChI is InChI=1S/C22H19N3O7/c1-2-24-22-9(6-12(27)14(18(22)30)20(23)32)17(29)21-10(7-25-21)8-4-3-5-11(26)13(8)16(28)15(21)19(22)31/h2-5,7,9-10,17,24,26,28-30H,1,6H2,(H2,23,32)/t9-,10-,17-,21-,22+/m0/s1. The van der Waals surface area contributed by atoms with E-state index in [0.717, 1.165) is 6.20 Å². The second-order valence-corrected chi connectivity index (χ2v) is 8.30. The fourth-order valence-electron chi connectivity index (χ4n) is 5.68. The minimum absolute atomic E-state index is 0.00695. The average molecular weight is 437 g/mol. The number of phenols is 1. The Morgan fingerprint density at radius 1 is 1.28 bits per heavy atom. The molecular weight excluding hydrogens is 418 g/mol. The van der Waals surface area contributed by atoms with Crippen molar-refractivity contribution in [1.29, 1.82) is 0 Å². The molecule has 164 valence electrons. The van der Waals surface area contributed by atoms with Crippen molar-refractivity contribution in [3.63, 3.8) is 0 Å². The Labute approximate surface area is 181 Å². The number of aliphatic imine (C=N–C) groups is 1. The molecule has 10 nitrogen and oxygen atoms in total. The first kappa shape index (κ1) is 20.0. The lowest BCUT2D eigenvalue weighted by atomic mass is 9.49. The molecule has 10 heteroatoms. The van der Waals surface area contributed by atoms with Crippen LogP contribution in [0.2, 0.25) is 0 Å². The van der Waals surface area contributed by atoms with Gasteiger partial charge in [0.05, 0.1) is 23.2 Å². The molecule has 1 aromatic carbocycles. The number of Topliss-reactive ketones (excluding diaryl/α,β-unsaturated/α-hetero) is 2. The number of ketones is 2. The monoisotopic (exact) mass is 437 g/mol. The molecular formula is C22H19N3O7. The maximum absolute atomic E-state index is 14.0. The summed E-state index contributed by atoms with van der Waals surface area (Å²) in [5.74, 6) is -6.73. The minimum atomic E-state index is -2.19. The van der Waals surface area contributed by atoms with Gasteiger partial charge in [-0.1, -0.05) is 18.7 Å². The highest BCUT2D eigenvalue weighted by Gasteiger charge is 2.73. The summed E-state index contributed by atoms with van der Waals surface area (Å²) in [7, 11) is 0. The first-order chi connectivity index (χ1) is 15.1. The van der Waals surface area contributed by atoms with Crippen LogP contribution < -0.4 is 11.1 Å². The highest BCUT2D eigenvalue weighted by molar-refractivity contribution is 6.24. The number of primary amides is 1. The molecule has 5 atom stereocenters. The number of hydrogen-bond donors (Lipinski definition) is 6. The van der Waals surface area contributed by atoms with Crippen molar-refractivity contribution in [3.8, 4) is 5.75 Å². The first-order valence-electron chi connectivity index (χ1n) is 9.84. The number of aliphatic hydroxyl groups is 3. The van der Waals surface area contributed by atoms with Gasteiger partial charge in [-0.05, 0) is 17.8 Å². The van der Waals surface area contributed by atoms with Crippen LogP contribution in [0.5, 0.6) is 5.75 Å². The lowest BCUT2D eigenvalue weighted by Crippen LogP contribution is -2.75. The molecule has 1 spiro atoms. The number of rotatable bonds is 3. The van der Waals surface area contributed by atoms with Gasteiger partial charge in [-0.15, -0.1) is 0 Å². The van der Waals surface area contributed by atoms with Crippen LogP contribution in [0, 0.1) is 5.92 Å². The second-order valence-electron chi connectivity index (χ2n) is 8.30. The Morgan fingerprint density at radius 3 is 2.59 bits per heavy atom. The van der Waals surface area contributed by atoms with Crippen LogP contribution >= 0.6 is 0 Å². The summed E-state index contributed by atoms with van der Waals surface area (Å²) in [4.78, 5) is 42.8. The SMILES string of the molecule is C=CN[C@]12C(=O)C3=C(O)c4c(O)cccc4[C@@H]4C=N[C@]34[C@@H](O)[C@@H]1CC(=O)C(C(N)=O)=C2O. The summed E-state index contributed by atoms with van der Waals surface area (Å²) in [6, 6.07) is 4.53. The number of aliphatic hydroxyl groups excluding tert-OH is 3. The highest BCUT2D eigenvalue weighted by atomic mass is 16.3. The van der Waals surface area contributed by atoms with Gasteiger partial charge in [-0.25, -0.2) is 0 Å². The Hall–Kier alpha value is -3.92. The van der Waals surface area contributed by atoms with Gasteiger partial charge in [0.15, 0.2) is 17.1 Å². The topological polar surface area (TPSA) is 183 Å². The number of benzene rings is 1. The van der Waals surface area contributed by atoms with Crippen molar-refractivity contribution in [2.24, 2.45) is 16.6 Å². The van der Waals surface area contributed by atoms with E-state index in [1.54, 1.807) is 12.1 Å². The molecule has 0 aromatic heterocycles. The van der Waals surface area contributed by atoms with E-state index >= 15 is 0 Å². The van der Waals surface area contributed by atoms with Gasteiger partial charge in [0.2, 0.25) is 0 Å². The summed E-state index contributed by atoms with van der Waals surface area (Å²) < 4.78 is 0. The summed E-state index contributed by atoms with van der Waals surface area (Å²) in [5, 5.41) is 46.6. The van der Waals surface area contributed by atoms with Gasteiger partial charge in [-0.2, -0.15) is 0 Å². The van der Waals surface area contributed by atoms with Gasteiger partial charge in [0.25, 0.3) is 5.91 Å². The molecule has 0 radical (unpaired) electrons. The number of amides is 1. The largest absolute Gasteiger partial charge is 0.508 e. The number of aromatic hydroxyl groups is 1. The molecule has 3 aliphatic carbocycles. The van der Waals surface area contributed by atoms with Crippen molar-refractivity contribution >= 4 is 29.4 Å². The van der Waals surface area contributed by atoms with Gasteiger partial charge in [0.1, 0.15) is 28.4 Å². The van der Waals surface area contributed by atoms with Crippen LogP contribution in [0.1, 0.15) is 23.5 Å². The van der Waals surface area contributed by atoms with E-state index < -0.39 is 70.0 Å². The number of carbonyl (C=O) groups excluding carboxylic acids is 3. The summed E-state index contributed by atoms with van der Waals surface area (Å²) >= 11 is 0. The van der Waals surface area contributed by atoms with Gasteiger partial charge >= 0.3 is 0 Å². The quantitative estimate of drug-likeness (QED) is 0.354. The number of hydrogen-bond acceptors (Lipinski definition) is 9. The van der Waals surface area contributed by atoms with E-state index in [1.807, 2.05) is 0 Å². The molecule has 1 aromatic rings. The summed E-state index contributed by atoms with van der Waals surface area (Å²) in [5.41, 5.74) is 0.826. The lowest BCUT2D eigenvalue weighted by molar-refractivity contribution is -0.139. The number of phenolic OH excluding ortho intramolecular Hbond substituents is 1. The van der Waals surface area contributed by atoms with Gasteiger partial charge in [0, 0.05) is 18.6 Å². The minimum Gasteiger partial charge on any atom is -0.508 e. The third-order valence-electron chi connectivity index (χ3n) is 7.04. The fraction of sp³-hybridized carbons (Fsp3) is 0.273. The fourth-order valence-corrected chi connectivity index (χ4v) is 5.68. The van der Waals surface area contributed by atoms with Gasteiger partial charge < -0.3 is 31.5 Å². The van der Waals surface area contributed by atoms with Crippen molar-refractivity contribution in [1.82, 2.24) is 5.32 Å². The Bertz CT molecular complexity index is 1250. The maximum Gasteiger partial charge on any atom is 0.255 e. The Morgan fingerprint density at radius 2 is 2.00 bits per heavy atom. The van der Waals surface area contributed by atoms with E-state index in [0.29, 0.717) is 5.56 Å². The van der Waals surface area contributed by atoms with Crippen molar-refractivity contribution < 1.29 is 34.8 Å². The average Bonchev–Trinajstić information content (AvgIpc) is 2.70. The number of nitrogens with zero attached hydrogens (tertiary/aromatic N) is 1. The number of fused-ring (bicyclic) bond motifs is 3. The maximum atomic E-state index is 14.0. The van der Waals surface area contributed by atoms with Crippen molar-refractivity contribution in [2.75, 3.05) is 0 Å². The Balaban J connectivity index is 1.87. The second kappa shape index (κ2) is 6.07. The van der Waals surface area contributed by atoms with Crippen LogP contribution in [0.15, 0.2) is 52.9 Å². The molecule has 1 aliphatic heterocycles. The van der Waals surface area contributed by atoms with Crippen LogP contribution in [-0.2, 0) is 14.4 Å². The van der Waals surface area contributed by atoms with Crippen LogP contribution in [0.25, 0.3) is 5.76 Å². The lowest BCUT2D eigenvalue weighted by Gasteiger charge is -2.59. The summed E-state index contributed by atoms with van der Waals surface area (Å²) in [6.07, 6.45) is 0.551. The van der Waals surface area contributed by atoms with E-state index in [1.165, 1.54) is 12.3 Å². The molecule has 5 rings (SSSR count).